The predicted molar refractivity (Wildman–Crippen MR) is 72.9 cm³/mol. The number of thiophene rings is 1. The molecule has 3 heterocycles. The van der Waals surface area contributed by atoms with Gasteiger partial charge in [-0.25, -0.2) is 10.4 Å². The summed E-state index contributed by atoms with van der Waals surface area (Å²) in [6.07, 6.45) is 3.60. The molecule has 1 aliphatic heterocycles. The van der Waals surface area contributed by atoms with Gasteiger partial charge in [0.25, 0.3) is 0 Å². The van der Waals surface area contributed by atoms with Gasteiger partial charge in [0.2, 0.25) is 0 Å². The number of aliphatic imine (C=N–C) groups is 1. The number of nitrogens with one attached hydrogen (secondary N) is 2. The SMILES string of the molecule is Brc1cc(-c2ccncc2)sc1C1=NCNN1. The quantitative estimate of drug-likeness (QED) is 0.895. The molecule has 0 bridgehead atoms. The number of halogens is 1. The summed E-state index contributed by atoms with van der Waals surface area (Å²) in [5.74, 6) is 0.891. The van der Waals surface area contributed by atoms with Crippen LogP contribution in [0.15, 0.2) is 40.1 Å². The Morgan fingerprint density at radius 3 is 2.82 bits per heavy atom. The van der Waals surface area contributed by atoms with E-state index in [1.54, 1.807) is 23.7 Å². The first-order valence-electron chi connectivity index (χ1n) is 5.08. The lowest BCUT2D eigenvalue weighted by Gasteiger charge is -1.98. The van der Waals surface area contributed by atoms with Crippen molar-refractivity contribution in [2.45, 2.75) is 0 Å². The third-order valence-electron chi connectivity index (χ3n) is 2.39. The summed E-state index contributed by atoms with van der Waals surface area (Å²) in [5, 5.41) is 0. The van der Waals surface area contributed by atoms with Crippen molar-refractivity contribution in [1.29, 1.82) is 0 Å². The molecule has 2 N–H and O–H groups in total. The molecular formula is C11H9BrN4S. The maximum atomic E-state index is 4.34. The van der Waals surface area contributed by atoms with Gasteiger partial charge in [-0.1, -0.05) is 0 Å². The van der Waals surface area contributed by atoms with E-state index in [0.717, 1.165) is 15.2 Å². The minimum Gasteiger partial charge on any atom is -0.303 e. The predicted octanol–water partition coefficient (Wildman–Crippen LogP) is 2.38. The van der Waals surface area contributed by atoms with Crippen LogP contribution < -0.4 is 10.9 Å². The van der Waals surface area contributed by atoms with Gasteiger partial charge in [-0.3, -0.25) is 4.98 Å². The summed E-state index contributed by atoms with van der Waals surface area (Å²) >= 11 is 5.27. The number of hydrazine groups is 1. The second kappa shape index (κ2) is 4.56. The number of hydrogen-bond donors (Lipinski definition) is 2. The Morgan fingerprint density at radius 2 is 2.12 bits per heavy atom. The molecule has 0 unspecified atom stereocenters. The van der Waals surface area contributed by atoms with Gasteiger partial charge in [0.15, 0.2) is 5.84 Å². The van der Waals surface area contributed by atoms with Gasteiger partial charge in [-0.15, -0.1) is 11.3 Å². The summed E-state index contributed by atoms with van der Waals surface area (Å²) in [6, 6.07) is 6.12. The van der Waals surface area contributed by atoms with E-state index in [9.17, 15) is 0 Å². The minimum atomic E-state index is 0.615. The molecule has 0 fully saturated rings. The highest BCUT2D eigenvalue weighted by atomic mass is 79.9. The molecule has 0 saturated heterocycles. The lowest BCUT2D eigenvalue weighted by Crippen LogP contribution is -2.29. The van der Waals surface area contributed by atoms with Crippen molar-refractivity contribution in [3.05, 3.63) is 39.9 Å². The molecular weight excluding hydrogens is 300 g/mol. The van der Waals surface area contributed by atoms with E-state index in [-0.39, 0.29) is 0 Å². The van der Waals surface area contributed by atoms with Crippen LogP contribution in [-0.2, 0) is 0 Å². The first kappa shape index (κ1) is 10.9. The van der Waals surface area contributed by atoms with Crippen molar-refractivity contribution in [3.8, 4) is 10.4 Å². The third-order valence-corrected chi connectivity index (χ3v) is 4.47. The largest absolute Gasteiger partial charge is 0.303 e. The zero-order valence-electron chi connectivity index (χ0n) is 8.77. The summed E-state index contributed by atoms with van der Waals surface area (Å²) < 4.78 is 1.06. The van der Waals surface area contributed by atoms with Crippen LogP contribution in [0.1, 0.15) is 4.88 Å². The Balaban J connectivity index is 2.01. The number of nitrogens with zero attached hydrogens (tertiary/aromatic N) is 2. The minimum absolute atomic E-state index is 0.615. The normalized spacial score (nSPS) is 14.5. The first-order chi connectivity index (χ1) is 8.34. The molecule has 0 atom stereocenters. The first-order valence-corrected chi connectivity index (χ1v) is 6.69. The number of amidine groups is 1. The maximum Gasteiger partial charge on any atom is 0.155 e. The van der Waals surface area contributed by atoms with Gasteiger partial charge in [0.1, 0.15) is 6.67 Å². The molecule has 2 aromatic heterocycles. The third kappa shape index (κ3) is 2.11. The fraction of sp³-hybridized carbons (Fsp3) is 0.0909. The van der Waals surface area contributed by atoms with Crippen molar-refractivity contribution in [3.63, 3.8) is 0 Å². The molecule has 4 nitrogen and oxygen atoms in total. The van der Waals surface area contributed by atoms with E-state index in [4.69, 9.17) is 0 Å². The van der Waals surface area contributed by atoms with E-state index in [0.29, 0.717) is 6.67 Å². The lowest BCUT2D eigenvalue weighted by molar-refractivity contribution is 0.728. The Morgan fingerprint density at radius 1 is 1.29 bits per heavy atom. The fourth-order valence-corrected chi connectivity index (χ4v) is 3.43. The summed E-state index contributed by atoms with van der Waals surface area (Å²) in [6.45, 7) is 0.615. The molecule has 0 saturated carbocycles. The maximum absolute atomic E-state index is 4.34. The number of rotatable bonds is 2. The van der Waals surface area contributed by atoms with Crippen LogP contribution in [0.2, 0.25) is 0 Å². The van der Waals surface area contributed by atoms with Gasteiger partial charge in [0.05, 0.1) is 4.88 Å². The van der Waals surface area contributed by atoms with E-state index >= 15 is 0 Å². The number of hydrogen-bond acceptors (Lipinski definition) is 5. The fourth-order valence-electron chi connectivity index (χ4n) is 1.60. The van der Waals surface area contributed by atoms with Crippen LogP contribution in [-0.4, -0.2) is 17.5 Å². The van der Waals surface area contributed by atoms with Crippen molar-refractivity contribution in [1.82, 2.24) is 15.8 Å². The van der Waals surface area contributed by atoms with Gasteiger partial charge < -0.3 is 5.43 Å². The lowest BCUT2D eigenvalue weighted by atomic mass is 10.2. The highest BCUT2D eigenvalue weighted by Crippen LogP contribution is 2.34. The molecule has 86 valence electrons. The monoisotopic (exact) mass is 308 g/mol. The van der Waals surface area contributed by atoms with Crippen molar-refractivity contribution in [2.75, 3.05) is 6.67 Å². The molecule has 0 aliphatic carbocycles. The van der Waals surface area contributed by atoms with Crippen LogP contribution in [0.3, 0.4) is 0 Å². The number of aromatic nitrogens is 1. The second-order valence-corrected chi connectivity index (χ2v) is 5.40. The van der Waals surface area contributed by atoms with Crippen LogP contribution in [0.25, 0.3) is 10.4 Å². The Labute approximate surface area is 111 Å². The molecule has 6 heteroatoms. The zero-order chi connectivity index (χ0) is 11.7. The van der Waals surface area contributed by atoms with Crippen molar-refractivity contribution in [2.24, 2.45) is 4.99 Å². The molecule has 0 amide bonds. The van der Waals surface area contributed by atoms with E-state index in [2.05, 4.69) is 42.8 Å². The van der Waals surface area contributed by atoms with E-state index in [1.807, 2.05) is 12.1 Å². The Hall–Kier alpha value is -1.24. The Bertz CT molecular complexity index is 564. The van der Waals surface area contributed by atoms with Crippen molar-refractivity contribution < 1.29 is 0 Å². The van der Waals surface area contributed by atoms with E-state index < -0.39 is 0 Å². The number of pyridine rings is 1. The molecule has 1 aliphatic rings. The standard InChI is InChI=1S/C11H9BrN4S/c12-8-5-9(7-1-3-13-4-2-7)17-10(8)11-14-6-15-16-11/h1-5,15H,6H2,(H,14,16). The highest BCUT2D eigenvalue weighted by molar-refractivity contribution is 9.10. The smallest absolute Gasteiger partial charge is 0.155 e. The highest BCUT2D eigenvalue weighted by Gasteiger charge is 2.15. The van der Waals surface area contributed by atoms with E-state index in [1.165, 1.54) is 10.4 Å². The molecule has 0 aromatic carbocycles. The average Bonchev–Trinajstić information content (AvgIpc) is 2.99. The van der Waals surface area contributed by atoms with Crippen LogP contribution in [0, 0.1) is 0 Å². The molecule has 0 radical (unpaired) electrons. The molecule has 2 aromatic rings. The average molecular weight is 309 g/mol. The topological polar surface area (TPSA) is 49.3 Å². The summed E-state index contributed by atoms with van der Waals surface area (Å²) in [4.78, 5) is 10.7. The van der Waals surface area contributed by atoms with Gasteiger partial charge >= 0.3 is 0 Å². The van der Waals surface area contributed by atoms with Crippen molar-refractivity contribution >= 4 is 33.1 Å². The van der Waals surface area contributed by atoms with Crippen LogP contribution in [0.5, 0.6) is 0 Å². The Kier molecular flexibility index (Phi) is 2.92. The summed E-state index contributed by atoms with van der Waals surface area (Å²) in [7, 11) is 0. The molecule has 17 heavy (non-hydrogen) atoms. The van der Waals surface area contributed by atoms with Gasteiger partial charge in [-0.05, 0) is 39.7 Å². The summed E-state index contributed by atoms with van der Waals surface area (Å²) in [5.41, 5.74) is 7.19. The van der Waals surface area contributed by atoms with Gasteiger partial charge in [-0.2, -0.15) is 0 Å². The van der Waals surface area contributed by atoms with Gasteiger partial charge in [0, 0.05) is 21.7 Å². The van der Waals surface area contributed by atoms with Crippen LogP contribution in [0.4, 0.5) is 0 Å². The zero-order valence-corrected chi connectivity index (χ0v) is 11.2. The van der Waals surface area contributed by atoms with Crippen LogP contribution >= 0.6 is 27.3 Å². The molecule has 0 spiro atoms. The second-order valence-electron chi connectivity index (χ2n) is 3.49. The molecule has 3 rings (SSSR count).